The third kappa shape index (κ3) is 3.84. The first-order chi connectivity index (χ1) is 12.5. The number of nitrogens with two attached hydrogens (primary N) is 1. The first kappa shape index (κ1) is 17.9. The fourth-order valence-electron chi connectivity index (χ4n) is 3.28. The third-order valence-electron chi connectivity index (χ3n) is 4.76. The first-order valence-electron chi connectivity index (χ1n) is 8.60. The summed E-state index contributed by atoms with van der Waals surface area (Å²) in [6, 6.07) is -1.51. The predicted octanol–water partition coefficient (Wildman–Crippen LogP) is -1.85. The molecule has 10 nitrogen and oxygen atoms in total. The van der Waals surface area contributed by atoms with Gasteiger partial charge in [-0.1, -0.05) is 0 Å². The fraction of sp³-hybridized carbons (Fsp3) is 0.562. The number of carbonyl (C=O) groups is 4. The Hall–Kier alpha value is -2.91. The van der Waals surface area contributed by atoms with E-state index in [9.17, 15) is 19.2 Å². The van der Waals surface area contributed by atoms with E-state index in [1.54, 1.807) is 6.20 Å². The summed E-state index contributed by atoms with van der Waals surface area (Å²) in [5, 5.41) is 2.69. The van der Waals surface area contributed by atoms with Gasteiger partial charge in [0, 0.05) is 37.8 Å². The number of amides is 4. The Bertz CT molecular complexity index is 704. The molecule has 2 aliphatic rings. The largest absolute Gasteiger partial charge is 0.368 e. The van der Waals surface area contributed by atoms with Gasteiger partial charge in [0.2, 0.25) is 23.6 Å². The molecule has 0 unspecified atom stereocenters. The van der Waals surface area contributed by atoms with Crippen LogP contribution in [0.15, 0.2) is 12.5 Å². The first-order valence-corrected chi connectivity index (χ1v) is 8.60. The van der Waals surface area contributed by atoms with Crippen molar-refractivity contribution in [3.63, 3.8) is 0 Å². The van der Waals surface area contributed by atoms with E-state index < -0.39 is 23.9 Å². The van der Waals surface area contributed by atoms with Gasteiger partial charge in [-0.15, -0.1) is 0 Å². The number of rotatable bonds is 7. The SMILES string of the molecule is NC(=O)[C@@H]1CCCN1C(=O)[C@H](Cc1cnc[nH]1)NC(=O)CN1CCC1=O. The summed E-state index contributed by atoms with van der Waals surface area (Å²) in [7, 11) is 0. The summed E-state index contributed by atoms with van der Waals surface area (Å²) >= 11 is 0. The lowest BCUT2D eigenvalue weighted by molar-refractivity contribution is -0.145. The number of nitrogens with zero attached hydrogens (tertiary/aromatic N) is 3. The Morgan fingerprint density at radius 1 is 1.38 bits per heavy atom. The van der Waals surface area contributed by atoms with E-state index in [1.165, 1.54) is 16.1 Å². The lowest BCUT2D eigenvalue weighted by atomic mass is 10.1. The average Bonchev–Trinajstić information content (AvgIpc) is 3.28. The van der Waals surface area contributed by atoms with Gasteiger partial charge in [0.15, 0.2) is 0 Å². The van der Waals surface area contributed by atoms with Crippen molar-refractivity contribution in [2.24, 2.45) is 5.73 Å². The molecule has 0 saturated carbocycles. The molecular formula is C16H22N6O4. The van der Waals surface area contributed by atoms with E-state index >= 15 is 0 Å². The second-order valence-corrected chi connectivity index (χ2v) is 6.56. The van der Waals surface area contributed by atoms with Crippen LogP contribution in [-0.4, -0.2) is 75.1 Å². The summed E-state index contributed by atoms with van der Waals surface area (Å²) in [5.41, 5.74) is 6.07. The molecule has 4 amide bonds. The zero-order valence-corrected chi connectivity index (χ0v) is 14.3. The van der Waals surface area contributed by atoms with Crippen LogP contribution in [0, 0.1) is 0 Å². The number of aromatic nitrogens is 2. The number of β-lactam (4-membered cyclic amide) rings is 1. The molecular weight excluding hydrogens is 340 g/mol. The number of primary amides is 1. The van der Waals surface area contributed by atoms with E-state index in [4.69, 9.17) is 5.73 Å². The van der Waals surface area contributed by atoms with Crippen molar-refractivity contribution in [2.75, 3.05) is 19.6 Å². The number of nitrogens with one attached hydrogen (secondary N) is 2. The Morgan fingerprint density at radius 2 is 2.19 bits per heavy atom. The lowest BCUT2D eigenvalue weighted by Gasteiger charge is -2.31. The van der Waals surface area contributed by atoms with Crippen LogP contribution in [0.5, 0.6) is 0 Å². The van der Waals surface area contributed by atoms with Gasteiger partial charge in [-0.3, -0.25) is 19.2 Å². The van der Waals surface area contributed by atoms with Crippen molar-refractivity contribution in [1.82, 2.24) is 25.1 Å². The van der Waals surface area contributed by atoms with E-state index in [0.717, 1.165) is 0 Å². The van der Waals surface area contributed by atoms with Gasteiger partial charge < -0.3 is 25.8 Å². The highest BCUT2D eigenvalue weighted by molar-refractivity contribution is 5.93. The maximum atomic E-state index is 12.9. The molecule has 0 spiro atoms. The molecule has 2 atom stereocenters. The molecule has 0 bridgehead atoms. The molecule has 10 heteroatoms. The Morgan fingerprint density at radius 3 is 2.77 bits per heavy atom. The van der Waals surface area contributed by atoms with Crippen LogP contribution < -0.4 is 11.1 Å². The van der Waals surface area contributed by atoms with Gasteiger partial charge in [-0.05, 0) is 12.8 Å². The zero-order valence-electron chi connectivity index (χ0n) is 14.3. The van der Waals surface area contributed by atoms with Crippen molar-refractivity contribution in [3.05, 3.63) is 18.2 Å². The summed E-state index contributed by atoms with van der Waals surface area (Å²) < 4.78 is 0. The fourth-order valence-corrected chi connectivity index (χ4v) is 3.28. The molecule has 2 aliphatic heterocycles. The normalized spacial score (nSPS) is 20.6. The third-order valence-corrected chi connectivity index (χ3v) is 4.76. The quantitative estimate of drug-likeness (QED) is 0.488. The van der Waals surface area contributed by atoms with Crippen LogP contribution in [0.2, 0.25) is 0 Å². The number of imidazole rings is 1. The summed E-state index contributed by atoms with van der Waals surface area (Å²) in [4.78, 5) is 57.8. The smallest absolute Gasteiger partial charge is 0.246 e. The highest BCUT2D eigenvalue weighted by Gasteiger charge is 2.37. The van der Waals surface area contributed by atoms with Crippen LogP contribution in [0.3, 0.4) is 0 Å². The average molecular weight is 362 g/mol. The summed E-state index contributed by atoms with van der Waals surface area (Å²) in [6.45, 7) is 0.887. The molecule has 2 fully saturated rings. The summed E-state index contributed by atoms with van der Waals surface area (Å²) in [6.07, 6.45) is 4.92. The lowest BCUT2D eigenvalue weighted by Crippen LogP contribution is -2.56. The van der Waals surface area contributed by atoms with Gasteiger partial charge in [-0.25, -0.2) is 4.98 Å². The van der Waals surface area contributed by atoms with Gasteiger partial charge in [-0.2, -0.15) is 0 Å². The van der Waals surface area contributed by atoms with Gasteiger partial charge in [0.05, 0.1) is 12.9 Å². The molecule has 3 heterocycles. The van der Waals surface area contributed by atoms with Crippen LogP contribution >= 0.6 is 0 Å². The molecule has 2 saturated heterocycles. The molecule has 0 radical (unpaired) electrons. The minimum absolute atomic E-state index is 0.0785. The number of hydrogen-bond acceptors (Lipinski definition) is 5. The maximum absolute atomic E-state index is 12.9. The number of hydrogen-bond donors (Lipinski definition) is 3. The van der Waals surface area contributed by atoms with Gasteiger partial charge in [0.1, 0.15) is 12.1 Å². The standard InChI is InChI=1S/C16H22N6O4/c17-15(25)12-2-1-4-22(12)16(26)11(6-10-7-18-9-19-10)20-13(23)8-21-5-3-14(21)24/h7,9,11-12H,1-6,8H2,(H2,17,25)(H,18,19)(H,20,23)/t11-,12-/m0/s1. The van der Waals surface area contributed by atoms with Crippen LogP contribution in [-0.2, 0) is 25.6 Å². The molecule has 4 N–H and O–H groups in total. The van der Waals surface area contributed by atoms with Gasteiger partial charge in [0.25, 0.3) is 0 Å². The minimum Gasteiger partial charge on any atom is -0.368 e. The molecule has 3 rings (SSSR count). The maximum Gasteiger partial charge on any atom is 0.246 e. The van der Waals surface area contributed by atoms with Crippen LogP contribution in [0.4, 0.5) is 0 Å². The molecule has 0 aliphatic carbocycles. The number of H-pyrrole nitrogens is 1. The number of carbonyl (C=O) groups excluding carboxylic acids is 4. The Labute approximate surface area is 150 Å². The van der Waals surface area contributed by atoms with E-state index in [1.807, 2.05) is 0 Å². The monoisotopic (exact) mass is 362 g/mol. The molecule has 26 heavy (non-hydrogen) atoms. The second-order valence-electron chi connectivity index (χ2n) is 6.56. The Kier molecular flexibility index (Phi) is 5.19. The second kappa shape index (κ2) is 7.54. The van der Waals surface area contributed by atoms with Gasteiger partial charge >= 0.3 is 0 Å². The Balaban J connectivity index is 1.69. The molecule has 0 aromatic carbocycles. The summed E-state index contributed by atoms with van der Waals surface area (Å²) in [5.74, 6) is -1.39. The van der Waals surface area contributed by atoms with Crippen molar-refractivity contribution in [3.8, 4) is 0 Å². The molecule has 1 aromatic rings. The van der Waals surface area contributed by atoms with Crippen molar-refractivity contribution < 1.29 is 19.2 Å². The topological polar surface area (TPSA) is 141 Å². The number of aromatic amines is 1. The highest BCUT2D eigenvalue weighted by atomic mass is 16.2. The zero-order chi connectivity index (χ0) is 18.7. The molecule has 1 aromatic heterocycles. The predicted molar refractivity (Wildman–Crippen MR) is 89.3 cm³/mol. The van der Waals surface area contributed by atoms with E-state index in [2.05, 4.69) is 15.3 Å². The van der Waals surface area contributed by atoms with Crippen LogP contribution in [0.1, 0.15) is 25.0 Å². The van der Waals surface area contributed by atoms with E-state index in [0.29, 0.717) is 38.0 Å². The van der Waals surface area contributed by atoms with Crippen molar-refractivity contribution in [1.29, 1.82) is 0 Å². The highest BCUT2D eigenvalue weighted by Crippen LogP contribution is 2.19. The van der Waals surface area contributed by atoms with E-state index in [-0.39, 0.29) is 24.8 Å². The minimum atomic E-state index is -0.862. The van der Waals surface area contributed by atoms with Crippen LogP contribution in [0.25, 0.3) is 0 Å². The molecule has 140 valence electrons. The van der Waals surface area contributed by atoms with Crippen molar-refractivity contribution in [2.45, 2.75) is 37.8 Å². The van der Waals surface area contributed by atoms with Crippen molar-refractivity contribution >= 4 is 23.6 Å². The number of likely N-dealkylation sites (tertiary alicyclic amines) is 2.